The van der Waals surface area contributed by atoms with Gasteiger partial charge in [0.2, 0.25) is 0 Å². The fourth-order valence-corrected chi connectivity index (χ4v) is 2.75. The minimum atomic E-state index is -1.14. The number of hydrogen-bond donors (Lipinski definition) is 1. The molecule has 0 atom stereocenters. The molecule has 0 saturated heterocycles. The molecule has 3 heterocycles. The van der Waals surface area contributed by atoms with Gasteiger partial charge in [0.05, 0.1) is 11.2 Å². The monoisotopic (exact) mass is 557 g/mol. The van der Waals surface area contributed by atoms with E-state index in [1.165, 1.54) is 6.07 Å². The maximum atomic E-state index is 14.0. The summed E-state index contributed by atoms with van der Waals surface area (Å²) in [6.07, 6.45) is 0. The third kappa shape index (κ3) is 3.66. The quantitative estimate of drug-likeness (QED) is 0.303. The van der Waals surface area contributed by atoms with Gasteiger partial charge in [-0.3, -0.25) is 9.97 Å². The maximum Gasteiger partial charge on any atom is 0.354 e. The topological polar surface area (TPSA) is 76.0 Å². The molecule has 142 valence electrons. The molecule has 0 unspecified atom stereocenters. The molecule has 1 aromatic carbocycles. The van der Waals surface area contributed by atoms with Crippen molar-refractivity contribution in [3.05, 3.63) is 78.3 Å². The van der Waals surface area contributed by atoms with E-state index in [4.69, 9.17) is 0 Å². The van der Waals surface area contributed by atoms with E-state index in [-0.39, 0.29) is 38.0 Å². The van der Waals surface area contributed by atoms with Gasteiger partial charge in [0.1, 0.15) is 17.6 Å². The number of carbonyl (C=O) groups is 1. The third-order valence-corrected chi connectivity index (χ3v) is 3.97. The summed E-state index contributed by atoms with van der Waals surface area (Å²) in [4.78, 5) is 23.0. The average Bonchev–Trinajstić information content (AvgIpc) is 2.67. The van der Waals surface area contributed by atoms with Crippen molar-refractivity contribution in [3.8, 4) is 22.5 Å². The molecule has 3 aromatic heterocycles. The summed E-state index contributed by atoms with van der Waals surface area (Å²) in [5.74, 6) is -3.11. The van der Waals surface area contributed by atoms with Crippen LogP contribution >= 0.6 is 0 Å². The molecule has 0 spiro atoms. The predicted octanol–water partition coefficient (Wildman–Crippen LogP) is 4.13. The number of carboxylic acid groups (broad SMARTS) is 1. The molecule has 0 bridgehead atoms. The van der Waals surface area contributed by atoms with Gasteiger partial charge < -0.3 is 5.11 Å². The van der Waals surface area contributed by atoms with E-state index in [9.17, 15) is 18.7 Å². The van der Waals surface area contributed by atoms with E-state index in [1.54, 1.807) is 42.5 Å². The zero-order valence-electron chi connectivity index (χ0n) is 14.0. The van der Waals surface area contributed by atoms with Crippen molar-refractivity contribution >= 4 is 16.9 Å². The molecule has 0 aliphatic heterocycles. The van der Waals surface area contributed by atoms with Gasteiger partial charge in [-0.15, -0.1) is 6.07 Å². The zero-order chi connectivity index (χ0) is 19.0. The van der Waals surface area contributed by atoms with Gasteiger partial charge in [-0.2, -0.15) is 0 Å². The van der Waals surface area contributed by atoms with Crippen molar-refractivity contribution < 1.29 is 39.7 Å². The Morgan fingerprint density at radius 3 is 2.43 bits per heavy atom. The third-order valence-electron chi connectivity index (χ3n) is 3.97. The normalized spacial score (nSPS) is 10.5. The van der Waals surface area contributed by atoms with E-state index < -0.39 is 17.9 Å². The first kappa shape index (κ1) is 19.7. The van der Waals surface area contributed by atoms with Crippen LogP contribution in [0, 0.1) is 18.0 Å². The van der Waals surface area contributed by atoms with Crippen molar-refractivity contribution in [2.45, 2.75) is 0 Å². The summed E-state index contributed by atoms with van der Waals surface area (Å²) < 4.78 is 27.0. The molecular weight excluding hydrogens is 547 g/mol. The van der Waals surface area contributed by atoms with Gasteiger partial charge >= 0.3 is 5.97 Å². The van der Waals surface area contributed by atoms with E-state index >= 15 is 0 Å². The number of pyridine rings is 3. The van der Waals surface area contributed by atoms with Gasteiger partial charge in [0.25, 0.3) is 0 Å². The second kappa shape index (κ2) is 7.90. The van der Waals surface area contributed by atoms with Gasteiger partial charge in [0.15, 0.2) is 0 Å². The number of halogens is 2. The molecule has 0 fully saturated rings. The number of rotatable bonds is 3. The number of aromatic carboxylic acids is 1. The molecule has 1 N–H and O–H groups in total. The van der Waals surface area contributed by atoms with E-state index in [1.807, 2.05) is 0 Å². The molecule has 0 amide bonds. The molecule has 4 aromatic rings. The Bertz CT molecular complexity index is 1200. The fourth-order valence-electron chi connectivity index (χ4n) is 2.75. The smallest absolute Gasteiger partial charge is 0.354 e. The van der Waals surface area contributed by atoms with Crippen molar-refractivity contribution in [1.29, 1.82) is 0 Å². The van der Waals surface area contributed by atoms with Crippen LogP contribution in [0.2, 0.25) is 0 Å². The van der Waals surface area contributed by atoms with Crippen molar-refractivity contribution in [3.63, 3.8) is 0 Å². The van der Waals surface area contributed by atoms with Crippen molar-refractivity contribution in [2.75, 3.05) is 0 Å². The Balaban J connectivity index is 0.00000225. The van der Waals surface area contributed by atoms with Crippen LogP contribution in [0.25, 0.3) is 33.4 Å². The van der Waals surface area contributed by atoms with Crippen molar-refractivity contribution in [2.24, 2.45) is 0 Å². The number of para-hydroxylation sites is 1. The Labute approximate surface area is 172 Å². The summed E-state index contributed by atoms with van der Waals surface area (Å²) in [5.41, 5.74) is 1.59. The summed E-state index contributed by atoms with van der Waals surface area (Å²) in [5, 5.41) is 9.93. The fraction of sp³-hybridized carbons (Fsp3) is 0. The Hall–Kier alpha value is -3.05. The van der Waals surface area contributed by atoms with Crippen LogP contribution in [-0.4, -0.2) is 26.0 Å². The largest absolute Gasteiger partial charge is 0.477 e. The maximum absolute atomic E-state index is 14.0. The van der Waals surface area contributed by atoms with Crippen LogP contribution in [0.3, 0.4) is 0 Å². The predicted molar refractivity (Wildman–Crippen MR) is 93.9 cm³/mol. The van der Waals surface area contributed by atoms with Crippen LogP contribution in [0.4, 0.5) is 8.78 Å². The Morgan fingerprint density at radius 2 is 1.68 bits per heavy atom. The van der Waals surface area contributed by atoms with Gasteiger partial charge in [-0.25, -0.2) is 18.6 Å². The van der Waals surface area contributed by atoms with Crippen LogP contribution in [-0.2, 0) is 21.1 Å². The summed E-state index contributed by atoms with van der Waals surface area (Å²) in [6, 6.07) is 16.8. The minimum absolute atomic E-state index is 0. The standard InChI is InChI=1S/C20H10F2N3O2.Pt/c21-17-10-8-13(19(22)25-17)15-6-2-5-14(23-15)12-4-1-3-11-7-9-16(20(26)27)24-18(11)12;/h1-7,9-10H,(H,26,27);/q-1;. The first-order chi connectivity index (χ1) is 13.0. The molecule has 0 aliphatic rings. The molecular formula is C20H10F2N3O2Pt-. The minimum Gasteiger partial charge on any atom is -0.477 e. The van der Waals surface area contributed by atoms with Gasteiger partial charge in [0, 0.05) is 32.0 Å². The molecule has 28 heavy (non-hydrogen) atoms. The number of hydrogen-bond acceptors (Lipinski definition) is 4. The summed E-state index contributed by atoms with van der Waals surface area (Å²) in [7, 11) is 0. The molecule has 0 aliphatic carbocycles. The first-order valence-electron chi connectivity index (χ1n) is 7.87. The van der Waals surface area contributed by atoms with E-state index in [2.05, 4.69) is 21.0 Å². The van der Waals surface area contributed by atoms with Gasteiger partial charge in [-0.05, 0) is 17.8 Å². The number of benzene rings is 1. The SMILES string of the molecule is O=C(O)c1ccc2cccc(-c3cccc(-c4[c-]cc(F)nc4F)n3)c2n1.[Pt]. The van der Waals surface area contributed by atoms with Crippen LogP contribution < -0.4 is 0 Å². The molecule has 8 heteroatoms. The van der Waals surface area contributed by atoms with Crippen molar-refractivity contribution in [1.82, 2.24) is 15.0 Å². The number of aromatic nitrogens is 3. The molecule has 4 rings (SSSR count). The number of fused-ring (bicyclic) bond motifs is 1. The summed E-state index contributed by atoms with van der Waals surface area (Å²) >= 11 is 0. The Kier molecular flexibility index (Phi) is 5.56. The molecule has 0 radical (unpaired) electrons. The zero-order valence-corrected chi connectivity index (χ0v) is 16.2. The number of carboxylic acids is 1. The molecule has 0 saturated carbocycles. The van der Waals surface area contributed by atoms with Crippen LogP contribution in [0.15, 0.2) is 54.6 Å². The average molecular weight is 557 g/mol. The van der Waals surface area contributed by atoms with E-state index in [0.29, 0.717) is 16.8 Å². The Morgan fingerprint density at radius 1 is 0.929 bits per heavy atom. The van der Waals surface area contributed by atoms with Crippen LogP contribution in [0.1, 0.15) is 10.5 Å². The second-order valence-corrected chi connectivity index (χ2v) is 5.68. The van der Waals surface area contributed by atoms with Gasteiger partial charge in [-0.1, -0.05) is 48.0 Å². The summed E-state index contributed by atoms with van der Waals surface area (Å²) in [6.45, 7) is 0. The molecule has 5 nitrogen and oxygen atoms in total. The number of nitrogens with zero attached hydrogens (tertiary/aromatic N) is 3. The van der Waals surface area contributed by atoms with Crippen LogP contribution in [0.5, 0.6) is 0 Å². The first-order valence-corrected chi connectivity index (χ1v) is 7.87. The second-order valence-electron chi connectivity index (χ2n) is 5.68. The van der Waals surface area contributed by atoms with E-state index in [0.717, 1.165) is 11.5 Å².